The minimum absolute atomic E-state index is 0.00461. The topological polar surface area (TPSA) is 76.1 Å². The van der Waals surface area contributed by atoms with Crippen LogP contribution in [0.2, 0.25) is 0 Å². The van der Waals surface area contributed by atoms with Gasteiger partial charge >= 0.3 is 0 Å². The van der Waals surface area contributed by atoms with Crippen LogP contribution < -0.4 is 4.74 Å². The summed E-state index contributed by atoms with van der Waals surface area (Å²) in [6.07, 6.45) is 0.697. The number of ether oxygens (including phenoxy) is 2. The van der Waals surface area contributed by atoms with E-state index in [9.17, 15) is 13.5 Å². The fraction of sp³-hybridized carbons (Fsp3) is 0.647. The molecule has 0 amide bonds. The van der Waals surface area contributed by atoms with Gasteiger partial charge < -0.3 is 14.6 Å². The lowest BCUT2D eigenvalue weighted by Gasteiger charge is -2.36. The quantitative estimate of drug-likeness (QED) is 0.864. The summed E-state index contributed by atoms with van der Waals surface area (Å²) in [5.74, 6) is 0.751. The monoisotopic (exact) mass is 355 g/mol. The standard InChI is InChI=1S/C17H25NO5S/c1-3-23-16-5-4-15(8-13(16)2)24(20,21)18-9-14-10-22-7-6-17(14,11-18)12-19/h4-5,8,14,19H,3,6-7,9-12H2,1-2H3/t14-,17-/m1/s1. The van der Waals surface area contributed by atoms with Gasteiger partial charge in [-0.15, -0.1) is 0 Å². The molecule has 7 heteroatoms. The molecule has 0 radical (unpaired) electrons. The molecule has 0 unspecified atom stereocenters. The van der Waals surface area contributed by atoms with Crippen molar-refractivity contribution in [3.8, 4) is 5.75 Å². The van der Waals surface area contributed by atoms with Crippen molar-refractivity contribution in [1.29, 1.82) is 0 Å². The summed E-state index contributed by atoms with van der Waals surface area (Å²) in [4.78, 5) is 0.274. The van der Waals surface area contributed by atoms with Crippen molar-refractivity contribution in [3.05, 3.63) is 23.8 Å². The number of aliphatic hydroxyl groups is 1. The van der Waals surface area contributed by atoms with E-state index in [1.807, 2.05) is 13.8 Å². The molecular weight excluding hydrogens is 330 g/mol. The third-order valence-corrected chi connectivity index (χ3v) is 7.05. The Morgan fingerprint density at radius 1 is 1.46 bits per heavy atom. The summed E-state index contributed by atoms with van der Waals surface area (Å²) in [5.41, 5.74) is 0.431. The number of hydrogen-bond donors (Lipinski definition) is 1. The van der Waals surface area contributed by atoms with Gasteiger partial charge in [-0.3, -0.25) is 0 Å². The highest BCUT2D eigenvalue weighted by atomic mass is 32.2. The van der Waals surface area contributed by atoms with Crippen LogP contribution >= 0.6 is 0 Å². The zero-order valence-electron chi connectivity index (χ0n) is 14.2. The average Bonchev–Trinajstić information content (AvgIpc) is 2.98. The number of hydrogen-bond acceptors (Lipinski definition) is 5. The Labute approximate surface area is 143 Å². The van der Waals surface area contributed by atoms with Gasteiger partial charge in [-0.2, -0.15) is 4.31 Å². The first-order valence-corrected chi connectivity index (χ1v) is 9.79. The predicted molar refractivity (Wildman–Crippen MR) is 89.6 cm³/mol. The molecule has 1 aromatic carbocycles. The van der Waals surface area contributed by atoms with Crippen molar-refractivity contribution in [2.45, 2.75) is 25.2 Å². The number of aryl methyl sites for hydroxylation is 1. The fourth-order valence-electron chi connectivity index (χ4n) is 3.69. The molecule has 24 heavy (non-hydrogen) atoms. The maximum Gasteiger partial charge on any atom is 0.243 e. The predicted octanol–water partition coefficient (Wildman–Crippen LogP) is 1.41. The Balaban J connectivity index is 1.87. The van der Waals surface area contributed by atoms with Crippen LogP contribution in [0.25, 0.3) is 0 Å². The Kier molecular flexibility index (Phi) is 4.88. The van der Waals surface area contributed by atoms with Gasteiger partial charge in [0.15, 0.2) is 0 Å². The molecular formula is C17H25NO5S. The van der Waals surface area contributed by atoms with Gasteiger partial charge in [0.2, 0.25) is 10.0 Å². The van der Waals surface area contributed by atoms with Crippen LogP contribution in [0.15, 0.2) is 23.1 Å². The van der Waals surface area contributed by atoms with Gasteiger partial charge in [0.05, 0.1) is 24.7 Å². The summed E-state index contributed by atoms with van der Waals surface area (Å²) >= 11 is 0. The van der Waals surface area contributed by atoms with E-state index in [0.29, 0.717) is 45.1 Å². The highest BCUT2D eigenvalue weighted by Gasteiger charge is 2.51. The second-order valence-electron chi connectivity index (χ2n) is 6.70. The van der Waals surface area contributed by atoms with Crippen LogP contribution in [0.1, 0.15) is 18.9 Å². The molecule has 0 saturated carbocycles. The molecule has 6 nitrogen and oxygen atoms in total. The van der Waals surface area contributed by atoms with Gasteiger partial charge in [0, 0.05) is 31.0 Å². The molecule has 0 aromatic heterocycles. The van der Waals surface area contributed by atoms with E-state index < -0.39 is 10.0 Å². The van der Waals surface area contributed by atoms with Crippen LogP contribution in [0.4, 0.5) is 0 Å². The zero-order valence-corrected chi connectivity index (χ0v) is 15.0. The Bertz CT molecular complexity index is 705. The molecule has 3 rings (SSSR count). The molecule has 134 valence electrons. The van der Waals surface area contributed by atoms with Crippen LogP contribution in [0.3, 0.4) is 0 Å². The maximum absolute atomic E-state index is 13.0. The lowest BCUT2D eigenvalue weighted by molar-refractivity contribution is -0.0414. The van der Waals surface area contributed by atoms with Crippen molar-refractivity contribution in [2.24, 2.45) is 11.3 Å². The van der Waals surface area contributed by atoms with Gasteiger partial charge in [0.1, 0.15) is 5.75 Å². The van der Waals surface area contributed by atoms with Crippen LogP contribution in [0.5, 0.6) is 5.75 Å². The van der Waals surface area contributed by atoms with Crippen LogP contribution in [-0.4, -0.2) is 57.3 Å². The summed E-state index contributed by atoms with van der Waals surface area (Å²) in [6, 6.07) is 4.96. The highest BCUT2D eigenvalue weighted by molar-refractivity contribution is 7.89. The van der Waals surface area contributed by atoms with Crippen molar-refractivity contribution < 1.29 is 23.0 Å². The molecule has 2 fully saturated rings. The van der Waals surface area contributed by atoms with Gasteiger partial charge in [-0.25, -0.2) is 8.42 Å². The van der Waals surface area contributed by atoms with Gasteiger partial charge in [-0.05, 0) is 44.0 Å². The Morgan fingerprint density at radius 2 is 2.25 bits per heavy atom. The number of aliphatic hydroxyl groups excluding tert-OH is 1. The SMILES string of the molecule is CCOc1ccc(S(=O)(=O)N2C[C@@H]3COCC[C@]3(CO)C2)cc1C. The largest absolute Gasteiger partial charge is 0.494 e. The molecule has 0 spiro atoms. The molecule has 2 saturated heterocycles. The number of nitrogens with zero attached hydrogens (tertiary/aromatic N) is 1. The van der Waals surface area contributed by atoms with E-state index in [0.717, 1.165) is 5.56 Å². The summed E-state index contributed by atoms with van der Waals surface area (Å²) in [5, 5.41) is 9.85. The number of sulfonamides is 1. The second kappa shape index (κ2) is 6.63. The first-order valence-electron chi connectivity index (χ1n) is 8.35. The number of rotatable bonds is 5. The number of fused-ring (bicyclic) bond motifs is 1. The van der Waals surface area contributed by atoms with E-state index >= 15 is 0 Å². The fourth-order valence-corrected chi connectivity index (χ4v) is 5.36. The third kappa shape index (κ3) is 2.94. The Hall–Kier alpha value is -1.15. The van der Waals surface area contributed by atoms with Crippen molar-refractivity contribution in [3.63, 3.8) is 0 Å². The first-order chi connectivity index (χ1) is 11.4. The minimum Gasteiger partial charge on any atom is -0.494 e. The third-order valence-electron chi connectivity index (χ3n) is 5.24. The van der Waals surface area contributed by atoms with Gasteiger partial charge in [0.25, 0.3) is 0 Å². The first kappa shape index (κ1) is 17.7. The van der Waals surface area contributed by atoms with E-state index in [1.165, 1.54) is 4.31 Å². The lowest BCUT2D eigenvalue weighted by Crippen LogP contribution is -2.41. The van der Waals surface area contributed by atoms with Crippen LogP contribution in [-0.2, 0) is 14.8 Å². The van der Waals surface area contributed by atoms with Crippen molar-refractivity contribution in [1.82, 2.24) is 4.31 Å². The zero-order chi connectivity index (χ0) is 17.4. The van der Waals surface area contributed by atoms with E-state index in [4.69, 9.17) is 9.47 Å². The number of benzene rings is 1. The molecule has 2 aliphatic rings. The maximum atomic E-state index is 13.0. The second-order valence-corrected chi connectivity index (χ2v) is 8.64. The normalized spacial score (nSPS) is 27.9. The van der Waals surface area contributed by atoms with E-state index in [1.54, 1.807) is 18.2 Å². The van der Waals surface area contributed by atoms with Gasteiger partial charge in [-0.1, -0.05) is 0 Å². The summed E-state index contributed by atoms with van der Waals surface area (Å²) in [6.45, 7) is 6.11. The average molecular weight is 355 g/mol. The molecule has 2 atom stereocenters. The van der Waals surface area contributed by atoms with Crippen LogP contribution in [0, 0.1) is 18.3 Å². The van der Waals surface area contributed by atoms with E-state index in [2.05, 4.69) is 0 Å². The van der Waals surface area contributed by atoms with Crippen molar-refractivity contribution >= 4 is 10.0 Å². The molecule has 1 aromatic rings. The lowest BCUT2D eigenvalue weighted by atomic mass is 9.75. The van der Waals surface area contributed by atoms with Crippen molar-refractivity contribution in [2.75, 3.05) is 39.5 Å². The molecule has 0 aliphatic carbocycles. The molecule has 2 heterocycles. The summed E-state index contributed by atoms with van der Waals surface area (Å²) < 4.78 is 38.5. The molecule has 2 aliphatic heterocycles. The molecule has 1 N–H and O–H groups in total. The summed E-state index contributed by atoms with van der Waals surface area (Å²) in [7, 11) is -3.59. The molecule has 0 bridgehead atoms. The Morgan fingerprint density at radius 3 is 2.88 bits per heavy atom. The van der Waals surface area contributed by atoms with E-state index in [-0.39, 0.29) is 22.8 Å². The minimum atomic E-state index is -3.59. The smallest absolute Gasteiger partial charge is 0.243 e. The highest BCUT2D eigenvalue weighted by Crippen LogP contribution is 2.43.